The molecule has 0 aliphatic carbocycles. The summed E-state index contributed by atoms with van der Waals surface area (Å²) in [7, 11) is 0. The van der Waals surface area contributed by atoms with Crippen molar-refractivity contribution in [2.75, 3.05) is 0 Å². The van der Waals surface area contributed by atoms with Crippen LogP contribution in [0.4, 0.5) is 11.4 Å². The number of para-hydroxylation sites is 2. The lowest BCUT2D eigenvalue weighted by molar-refractivity contribution is 1.11. The van der Waals surface area contributed by atoms with Crippen LogP contribution < -0.4 is 0 Å². The predicted molar refractivity (Wildman–Crippen MR) is 245 cm³/mol. The monoisotopic (exact) mass is 790 g/mol. The molecule has 8 nitrogen and oxygen atoms in total. The Labute approximate surface area is 356 Å². The van der Waals surface area contributed by atoms with E-state index >= 15 is 0 Å². The number of aromatic nitrogens is 3. The third kappa shape index (κ3) is 5.99. The second-order valence-corrected chi connectivity index (χ2v) is 15.3. The van der Waals surface area contributed by atoms with Gasteiger partial charge in [-0.05, 0) is 132 Å². The van der Waals surface area contributed by atoms with Crippen molar-refractivity contribution in [1.29, 1.82) is 15.8 Å². The summed E-state index contributed by atoms with van der Waals surface area (Å²) in [6.45, 7) is 19.4. The van der Waals surface area contributed by atoms with Gasteiger partial charge in [0.15, 0.2) is 11.4 Å². The lowest BCUT2D eigenvalue weighted by atomic mass is 9.98. The molecule has 0 spiro atoms. The standard InChI is InChI=1S/C54H30N8/c1-32-17-38(18-33(2)60-32)41-27-53(61-49-11-7-5-9-44(49)46-15-13-36(25-51(46)61)39-19-34(29-55)21-42(23-39)58-3)48(31-57)54(28-41)62-50-12-8-6-10-45(50)47-16-14-37(26-52(47)62)40-20-35(30-56)22-43(24-40)59-4/h5-28H,1-2H3. The van der Waals surface area contributed by atoms with E-state index in [4.69, 9.17) is 13.1 Å². The molecule has 0 saturated carbocycles. The van der Waals surface area contributed by atoms with Crippen LogP contribution in [-0.2, 0) is 0 Å². The Morgan fingerprint density at radius 3 is 1.29 bits per heavy atom. The third-order valence-corrected chi connectivity index (χ3v) is 11.5. The highest BCUT2D eigenvalue weighted by atomic mass is 15.0. The van der Waals surface area contributed by atoms with Crippen LogP contribution in [0, 0.1) is 61.0 Å². The Bertz CT molecular complexity index is 3490. The highest BCUT2D eigenvalue weighted by Crippen LogP contribution is 2.42. The van der Waals surface area contributed by atoms with Crippen molar-refractivity contribution in [1.82, 2.24) is 14.1 Å². The number of fused-ring (bicyclic) bond motifs is 6. The van der Waals surface area contributed by atoms with Gasteiger partial charge in [0.1, 0.15) is 11.6 Å². The second kappa shape index (κ2) is 14.5. The van der Waals surface area contributed by atoms with E-state index in [1.165, 1.54) is 0 Å². The molecule has 8 heteroatoms. The summed E-state index contributed by atoms with van der Waals surface area (Å²) >= 11 is 0. The van der Waals surface area contributed by atoms with Crippen molar-refractivity contribution in [3.05, 3.63) is 197 Å². The summed E-state index contributed by atoms with van der Waals surface area (Å²) in [6.07, 6.45) is 0. The fourth-order valence-electron chi connectivity index (χ4n) is 8.88. The summed E-state index contributed by atoms with van der Waals surface area (Å²) in [5.74, 6) is 0. The molecule has 3 aromatic heterocycles. The zero-order valence-corrected chi connectivity index (χ0v) is 33.4. The first-order valence-corrected chi connectivity index (χ1v) is 19.8. The van der Waals surface area contributed by atoms with Crippen LogP contribution in [0.1, 0.15) is 28.1 Å². The molecule has 0 aliphatic rings. The third-order valence-electron chi connectivity index (χ3n) is 11.5. The van der Waals surface area contributed by atoms with Gasteiger partial charge in [-0.15, -0.1) is 0 Å². The summed E-state index contributed by atoms with van der Waals surface area (Å²) in [5.41, 5.74) is 13.6. The quantitative estimate of drug-likeness (QED) is 0.162. The Kier molecular flexibility index (Phi) is 8.68. The molecule has 3 heterocycles. The molecule has 0 N–H and O–H groups in total. The first kappa shape index (κ1) is 37.0. The van der Waals surface area contributed by atoms with Crippen LogP contribution in [0.2, 0.25) is 0 Å². The molecule has 0 bridgehead atoms. The Morgan fingerprint density at radius 1 is 0.435 bits per heavy atom. The van der Waals surface area contributed by atoms with E-state index in [-0.39, 0.29) is 0 Å². The average Bonchev–Trinajstić information content (AvgIpc) is 3.82. The molecule has 62 heavy (non-hydrogen) atoms. The van der Waals surface area contributed by atoms with Crippen LogP contribution in [0.3, 0.4) is 0 Å². The van der Waals surface area contributed by atoms with Crippen molar-refractivity contribution in [3.63, 3.8) is 0 Å². The van der Waals surface area contributed by atoms with Gasteiger partial charge in [-0.25, -0.2) is 9.69 Å². The predicted octanol–water partition coefficient (Wildman–Crippen LogP) is 13.6. The molecular formula is C54H30N8. The Morgan fingerprint density at radius 2 is 0.855 bits per heavy atom. The lowest BCUT2D eigenvalue weighted by Gasteiger charge is -2.19. The van der Waals surface area contributed by atoms with Crippen molar-refractivity contribution in [3.8, 4) is 63.0 Å². The second-order valence-electron chi connectivity index (χ2n) is 15.3. The topological polar surface area (TPSA) is 103 Å². The van der Waals surface area contributed by atoms with Crippen molar-refractivity contribution < 1.29 is 0 Å². The smallest absolute Gasteiger partial charge is 0.189 e. The van der Waals surface area contributed by atoms with Crippen LogP contribution >= 0.6 is 0 Å². The normalized spacial score (nSPS) is 11.0. The van der Waals surface area contributed by atoms with E-state index in [9.17, 15) is 15.8 Å². The van der Waals surface area contributed by atoms with Crippen molar-refractivity contribution >= 4 is 55.0 Å². The van der Waals surface area contributed by atoms with Gasteiger partial charge < -0.3 is 9.13 Å². The van der Waals surface area contributed by atoms with Gasteiger partial charge in [0.25, 0.3) is 0 Å². The molecule has 7 aromatic carbocycles. The van der Waals surface area contributed by atoms with Gasteiger partial charge in [0.2, 0.25) is 0 Å². The highest BCUT2D eigenvalue weighted by molar-refractivity contribution is 6.12. The zero-order chi connectivity index (χ0) is 42.6. The Balaban J connectivity index is 1.33. The number of hydrogen-bond acceptors (Lipinski definition) is 4. The van der Waals surface area contributed by atoms with Gasteiger partial charge in [0, 0.05) is 44.1 Å². The molecule has 0 radical (unpaired) electrons. The zero-order valence-electron chi connectivity index (χ0n) is 33.4. The number of benzene rings is 7. The highest BCUT2D eigenvalue weighted by Gasteiger charge is 2.23. The van der Waals surface area contributed by atoms with E-state index in [1.807, 2.05) is 50.2 Å². The van der Waals surface area contributed by atoms with Gasteiger partial charge >= 0.3 is 0 Å². The van der Waals surface area contributed by atoms with Crippen LogP contribution in [-0.4, -0.2) is 14.1 Å². The van der Waals surface area contributed by atoms with E-state index in [2.05, 4.69) is 115 Å². The SMILES string of the molecule is [C-]#[N+]c1cc(C#N)cc(-c2ccc3c4ccccc4n(-c4cc(-c5cc(C)nc(C)c5)cc(-n5c6ccccc6c6ccc(-c7cc(C#N)cc([N+]#[C-])c7)cc65)c4C#N)c3c2)c1. The average molecular weight is 791 g/mol. The van der Waals surface area contributed by atoms with Gasteiger partial charge in [-0.2, -0.15) is 15.8 Å². The number of rotatable bonds is 5. The molecular weight excluding hydrogens is 761 g/mol. The van der Waals surface area contributed by atoms with Crippen molar-refractivity contribution in [2.45, 2.75) is 13.8 Å². The molecule has 0 saturated heterocycles. The maximum absolute atomic E-state index is 11.5. The Hall–Kier alpha value is -9.26. The van der Waals surface area contributed by atoms with Gasteiger partial charge in [-0.3, -0.25) is 4.98 Å². The number of aryl methyl sites for hydroxylation is 2. The summed E-state index contributed by atoms with van der Waals surface area (Å²) < 4.78 is 4.31. The molecule has 0 unspecified atom stereocenters. The molecule has 10 aromatic rings. The first-order valence-electron chi connectivity index (χ1n) is 19.8. The molecule has 0 fully saturated rings. The van der Waals surface area contributed by atoms with Gasteiger partial charge in [-0.1, -0.05) is 60.7 Å². The molecule has 0 atom stereocenters. The minimum Gasteiger partial charge on any atom is -0.308 e. The molecule has 286 valence electrons. The molecule has 0 amide bonds. The summed E-state index contributed by atoms with van der Waals surface area (Å²) in [6, 6.07) is 54.4. The van der Waals surface area contributed by atoms with Crippen LogP contribution in [0.15, 0.2) is 146 Å². The van der Waals surface area contributed by atoms with Gasteiger partial charge in [0.05, 0.1) is 58.7 Å². The van der Waals surface area contributed by atoms with Crippen LogP contribution in [0.25, 0.3) is 98.1 Å². The molecule has 0 aliphatic heterocycles. The summed E-state index contributed by atoms with van der Waals surface area (Å²) in [4.78, 5) is 12.0. The maximum atomic E-state index is 11.5. The number of nitriles is 3. The first-order chi connectivity index (χ1) is 30.3. The minimum atomic E-state index is 0.380. The number of pyridine rings is 1. The number of nitrogens with zero attached hydrogens (tertiary/aromatic N) is 8. The number of hydrogen-bond donors (Lipinski definition) is 0. The van der Waals surface area contributed by atoms with E-state index in [0.29, 0.717) is 39.4 Å². The summed E-state index contributed by atoms with van der Waals surface area (Å²) in [5, 5.41) is 35.2. The maximum Gasteiger partial charge on any atom is 0.189 e. The lowest BCUT2D eigenvalue weighted by Crippen LogP contribution is -2.05. The fourth-order valence-corrected chi connectivity index (χ4v) is 8.88. The van der Waals surface area contributed by atoms with E-state index in [0.717, 1.165) is 88.4 Å². The molecule has 10 rings (SSSR count). The van der Waals surface area contributed by atoms with Crippen molar-refractivity contribution in [2.24, 2.45) is 0 Å². The van der Waals surface area contributed by atoms with E-state index < -0.39 is 0 Å². The minimum absolute atomic E-state index is 0.380. The van der Waals surface area contributed by atoms with Crippen LogP contribution in [0.5, 0.6) is 0 Å². The van der Waals surface area contributed by atoms with E-state index in [1.54, 1.807) is 36.4 Å². The largest absolute Gasteiger partial charge is 0.308 e. The fraction of sp³-hybridized carbons (Fsp3) is 0.0370.